The van der Waals surface area contributed by atoms with Gasteiger partial charge in [-0.05, 0) is 31.2 Å². The average Bonchev–Trinajstić information content (AvgIpc) is 2.86. The lowest BCUT2D eigenvalue weighted by atomic mass is 10.1. The fraction of sp³-hybridized carbons (Fsp3) is 0.0714. The number of nitrogens with zero attached hydrogens (tertiary/aromatic N) is 3. The van der Waals surface area contributed by atoms with E-state index in [1.165, 1.54) is 0 Å². The van der Waals surface area contributed by atoms with Crippen LogP contribution in [-0.2, 0) is 0 Å². The molecule has 0 saturated carbocycles. The molecule has 5 nitrogen and oxygen atoms in total. The van der Waals surface area contributed by atoms with Crippen molar-refractivity contribution in [2.75, 3.05) is 5.32 Å². The Morgan fingerprint density at radius 2 is 2.16 bits per heavy atom. The molecule has 5 heteroatoms. The molecule has 0 radical (unpaired) electrons. The molecular weight excluding hydrogens is 240 g/mol. The van der Waals surface area contributed by atoms with E-state index in [9.17, 15) is 4.79 Å². The monoisotopic (exact) mass is 252 g/mol. The Bertz CT molecular complexity index is 748. The topological polar surface area (TPSA) is 59.3 Å². The molecule has 0 aliphatic rings. The van der Waals surface area contributed by atoms with Crippen LogP contribution in [0.25, 0.3) is 5.65 Å². The number of aryl methyl sites for hydroxylation is 1. The zero-order valence-electron chi connectivity index (χ0n) is 10.4. The van der Waals surface area contributed by atoms with Crippen molar-refractivity contribution in [3.05, 3.63) is 60.0 Å². The predicted octanol–water partition coefficient (Wildman–Crippen LogP) is 2.29. The first-order valence-corrected chi connectivity index (χ1v) is 5.90. The van der Waals surface area contributed by atoms with Gasteiger partial charge in [0, 0.05) is 11.8 Å². The van der Waals surface area contributed by atoms with Crippen LogP contribution in [0.4, 0.5) is 5.69 Å². The maximum atomic E-state index is 12.1. The molecule has 94 valence electrons. The van der Waals surface area contributed by atoms with Crippen molar-refractivity contribution in [2.24, 2.45) is 0 Å². The SMILES string of the molecule is Cc1cccc(C(=O)Nc2ccc3nncn3c2)c1. The van der Waals surface area contributed by atoms with Crippen LogP contribution in [0.15, 0.2) is 48.9 Å². The second kappa shape index (κ2) is 4.53. The van der Waals surface area contributed by atoms with Crippen molar-refractivity contribution in [3.8, 4) is 0 Å². The van der Waals surface area contributed by atoms with Gasteiger partial charge in [0.25, 0.3) is 5.91 Å². The van der Waals surface area contributed by atoms with Gasteiger partial charge in [0.15, 0.2) is 5.65 Å². The smallest absolute Gasteiger partial charge is 0.255 e. The Labute approximate surface area is 109 Å². The van der Waals surface area contributed by atoms with E-state index in [2.05, 4.69) is 15.5 Å². The summed E-state index contributed by atoms with van der Waals surface area (Å²) in [4.78, 5) is 12.1. The average molecular weight is 252 g/mol. The van der Waals surface area contributed by atoms with Gasteiger partial charge >= 0.3 is 0 Å². The predicted molar refractivity (Wildman–Crippen MR) is 72.1 cm³/mol. The number of pyridine rings is 1. The van der Waals surface area contributed by atoms with E-state index < -0.39 is 0 Å². The summed E-state index contributed by atoms with van der Waals surface area (Å²) in [6.07, 6.45) is 3.38. The Kier molecular flexibility index (Phi) is 2.72. The summed E-state index contributed by atoms with van der Waals surface area (Å²) in [5.41, 5.74) is 3.15. The number of carbonyl (C=O) groups is 1. The van der Waals surface area contributed by atoms with Crippen LogP contribution in [0.5, 0.6) is 0 Å². The second-order valence-electron chi connectivity index (χ2n) is 4.34. The van der Waals surface area contributed by atoms with Crippen molar-refractivity contribution in [1.82, 2.24) is 14.6 Å². The summed E-state index contributed by atoms with van der Waals surface area (Å²) in [7, 11) is 0. The standard InChI is InChI=1S/C14H12N4O/c1-10-3-2-4-11(7-10)14(19)16-12-5-6-13-17-15-9-18(13)8-12/h2-9H,1H3,(H,16,19). The van der Waals surface area contributed by atoms with E-state index in [-0.39, 0.29) is 5.91 Å². The molecule has 0 aliphatic heterocycles. The first kappa shape index (κ1) is 11.4. The number of amides is 1. The van der Waals surface area contributed by atoms with Gasteiger partial charge in [0.1, 0.15) is 6.33 Å². The number of nitrogens with one attached hydrogen (secondary N) is 1. The van der Waals surface area contributed by atoms with Gasteiger partial charge < -0.3 is 5.32 Å². The molecule has 1 aromatic carbocycles. The summed E-state index contributed by atoms with van der Waals surface area (Å²) in [5.74, 6) is -0.129. The van der Waals surface area contributed by atoms with E-state index in [1.807, 2.05) is 25.1 Å². The van der Waals surface area contributed by atoms with Gasteiger partial charge in [-0.15, -0.1) is 10.2 Å². The summed E-state index contributed by atoms with van der Waals surface area (Å²) >= 11 is 0. The minimum Gasteiger partial charge on any atom is -0.321 e. The van der Waals surface area contributed by atoms with Crippen molar-refractivity contribution in [3.63, 3.8) is 0 Å². The Balaban J connectivity index is 1.86. The van der Waals surface area contributed by atoms with Crippen LogP contribution in [-0.4, -0.2) is 20.5 Å². The van der Waals surface area contributed by atoms with Crippen LogP contribution in [0, 0.1) is 6.92 Å². The summed E-state index contributed by atoms with van der Waals surface area (Å²) in [6, 6.07) is 11.1. The fourth-order valence-electron chi connectivity index (χ4n) is 1.89. The summed E-state index contributed by atoms with van der Waals surface area (Å²) in [5, 5.41) is 10.6. The number of carbonyl (C=O) groups excluding carboxylic acids is 1. The lowest BCUT2D eigenvalue weighted by molar-refractivity contribution is 0.102. The molecule has 1 amide bonds. The van der Waals surface area contributed by atoms with Crippen LogP contribution in [0.3, 0.4) is 0 Å². The number of anilines is 1. The first-order valence-electron chi connectivity index (χ1n) is 5.90. The Hall–Kier alpha value is -2.69. The third-order valence-corrected chi connectivity index (χ3v) is 2.83. The van der Waals surface area contributed by atoms with Gasteiger partial charge in [0.2, 0.25) is 0 Å². The van der Waals surface area contributed by atoms with E-state index in [4.69, 9.17) is 0 Å². The molecule has 0 atom stereocenters. The zero-order chi connectivity index (χ0) is 13.2. The molecule has 0 saturated heterocycles. The molecule has 3 rings (SSSR count). The van der Waals surface area contributed by atoms with E-state index in [0.717, 1.165) is 11.2 Å². The minimum absolute atomic E-state index is 0.129. The largest absolute Gasteiger partial charge is 0.321 e. The number of fused-ring (bicyclic) bond motifs is 1. The lowest BCUT2D eigenvalue weighted by Crippen LogP contribution is -2.12. The lowest BCUT2D eigenvalue weighted by Gasteiger charge is -2.06. The van der Waals surface area contributed by atoms with Crippen LogP contribution < -0.4 is 5.32 Å². The molecule has 2 aromatic heterocycles. The Morgan fingerprint density at radius 3 is 3.00 bits per heavy atom. The highest BCUT2D eigenvalue weighted by Crippen LogP contribution is 2.11. The molecular formula is C14H12N4O. The van der Waals surface area contributed by atoms with Crippen LogP contribution >= 0.6 is 0 Å². The van der Waals surface area contributed by atoms with E-state index in [0.29, 0.717) is 11.3 Å². The number of benzene rings is 1. The third kappa shape index (κ3) is 2.30. The molecule has 2 heterocycles. The molecule has 0 bridgehead atoms. The molecule has 3 aromatic rings. The van der Waals surface area contributed by atoms with Crippen LogP contribution in [0.1, 0.15) is 15.9 Å². The highest BCUT2D eigenvalue weighted by Gasteiger charge is 2.06. The number of aromatic nitrogens is 3. The van der Waals surface area contributed by atoms with Crippen molar-refractivity contribution < 1.29 is 4.79 Å². The van der Waals surface area contributed by atoms with Crippen molar-refractivity contribution >= 4 is 17.2 Å². The minimum atomic E-state index is -0.129. The molecule has 0 unspecified atom stereocenters. The van der Waals surface area contributed by atoms with Gasteiger partial charge in [-0.25, -0.2) is 0 Å². The quantitative estimate of drug-likeness (QED) is 0.761. The molecule has 19 heavy (non-hydrogen) atoms. The maximum Gasteiger partial charge on any atom is 0.255 e. The number of hydrogen-bond donors (Lipinski definition) is 1. The Morgan fingerprint density at radius 1 is 1.26 bits per heavy atom. The number of hydrogen-bond acceptors (Lipinski definition) is 3. The third-order valence-electron chi connectivity index (χ3n) is 2.83. The number of rotatable bonds is 2. The normalized spacial score (nSPS) is 10.6. The van der Waals surface area contributed by atoms with Gasteiger partial charge in [-0.2, -0.15) is 0 Å². The van der Waals surface area contributed by atoms with E-state index in [1.54, 1.807) is 35.1 Å². The van der Waals surface area contributed by atoms with Crippen LogP contribution in [0.2, 0.25) is 0 Å². The molecule has 0 spiro atoms. The second-order valence-corrected chi connectivity index (χ2v) is 4.34. The van der Waals surface area contributed by atoms with E-state index >= 15 is 0 Å². The zero-order valence-corrected chi connectivity index (χ0v) is 10.4. The highest BCUT2D eigenvalue weighted by atomic mass is 16.1. The first-order chi connectivity index (χ1) is 9.22. The van der Waals surface area contributed by atoms with Gasteiger partial charge in [0.05, 0.1) is 5.69 Å². The summed E-state index contributed by atoms with van der Waals surface area (Å²) in [6.45, 7) is 1.96. The van der Waals surface area contributed by atoms with Crippen molar-refractivity contribution in [1.29, 1.82) is 0 Å². The molecule has 0 aliphatic carbocycles. The molecule has 0 fully saturated rings. The van der Waals surface area contributed by atoms with Gasteiger partial charge in [-0.1, -0.05) is 17.7 Å². The van der Waals surface area contributed by atoms with Crippen molar-refractivity contribution in [2.45, 2.75) is 6.92 Å². The van der Waals surface area contributed by atoms with Gasteiger partial charge in [-0.3, -0.25) is 9.20 Å². The summed E-state index contributed by atoms with van der Waals surface area (Å²) < 4.78 is 1.76. The highest BCUT2D eigenvalue weighted by molar-refractivity contribution is 6.04. The molecule has 1 N–H and O–H groups in total. The fourth-order valence-corrected chi connectivity index (χ4v) is 1.89. The maximum absolute atomic E-state index is 12.1.